The Morgan fingerprint density at radius 2 is 2.00 bits per heavy atom. The maximum Gasteiger partial charge on any atom is 0.120 e. The Morgan fingerprint density at radius 1 is 1.25 bits per heavy atom. The maximum absolute atomic E-state index is 5.70. The predicted molar refractivity (Wildman–Crippen MR) is 82.2 cm³/mol. The first-order valence-electron chi connectivity index (χ1n) is 6.98. The maximum atomic E-state index is 5.70. The van der Waals surface area contributed by atoms with E-state index in [9.17, 15) is 0 Å². The molecule has 2 aromatic rings. The molecule has 1 aromatic heterocycles. The van der Waals surface area contributed by atoms with E-state index in [1.165, 1.54) is 11.1 Å². The van der Waals surface area contributed by atoms with Crippen LogP contribution in [0.1, 0.15) is 37.9 Å². The number of nitrogens with one attached hydrogen (secondary N) is 1. The second-order valence-electron chi connectivity index (χ2n) is 5.46. The first kappa shape index (κ1) is 14.4. The lowest BCUT2D eigenvalue weighted by Gasteiger charge is -2.17. The van der Waals surface area contributed by atoms with E-state index in [-0.39, 0.29) is 12.1 Å². The summed E-state index contributed by atoms with van der Waals surface area (Å²) >= 11 is 0. The third kappa shape index (κ3) is 3.53. The molecule has 0 saturated carbocycles. The van der Waals surface area contributed by atoms with Gasteiger partial charge < -0.3 is 10.1 Å². The van der Waals surface area contributed by atoms with E-state index >= 15 is 0 Å². The second-order valence-corrected chi connectivity index (χ2v) is 5.46. The Balaban J connectivity index is 2.09. The van der Waals surface area contributed by atoms with Gasteiger partial charge in [0.25, 0.3) is 0 Å². The highest BCUT2D eigenvalue weighted by atomic mass is 16.5. The summed E-state index contributed by atoms with van der Waals surface area (Å²) in [6.45, 7) is 8.29. The molecule has 1 N–H and O–H groups in total. The summed E-state index contributed by atoms with van der Waals surface area (Å²) in [5.41, 5.74) is 3.48. The molecule has 0 amide bonds. The van der Waals surface area contributed by atoms with Crippen molar-refractivity contribution < 1.29 is 4.74 Å². The highest BCUT2D eigenvalue weighted by Crippen LogP contribution is 2.25. The van der Waals surface area contributed by atoms with E-state index in [2.05, 4.69) is 36.4 Å². The Hall–Kier alpha value is -1.97. The van der Waals surface area contributed by atoms with Crippen molar-refractivity contribution in [1.82, 2.24) is 9.78 Å². The highest BCUT2D eigenvalue weighted by molar-refractivity contribution is 5.54. The average Bonchev–Trinajstić information content (AvgIpc) is 2.78. The standard InChI is InChI=1S/C16H23N3O/c1-11(2)20-15-6-7-16(12(3)8-15)18-13(4)14-9-17-19(5)10-14/h6-11,13,18H,1-5H3. The molecule has 2 rings (SSSR count). The van der Waals surface area contributed by atoms with Gasteiger partial charge in [0.1, 0.15) is 5.75 Å². The van der Waals surface area contributed by atoms with Crippen LogP contribution in [0.3, 0.4) is 0 Å². The van der Waals surface area contributed by atoms with Crippen LogP contribution in [0.2, 0.25) is 0 Å². The summed E-state index contributed by atoms with van der Waals surface area (Å²) in [5, 5.41) is 7.72. The number of nitrogens with zero attached hydrogens (tertiary/aromatic N) is 2. The molecule has 1 atom stereocenters. The molecule has 0 saturated heterocycles. The van der Waals surface area contributed by atoms with E-state index in [0.717, 1.165) is 11.4 Å². The van der Waals surface area contributed by atoms with Crippen LogP contribution in [0.25, 0.3) is 0 Å². The van der Waals surface area contributed by atoms with Crippen LogP contribution < -0.4 is 10.1 Å². The molecule has 0 fully saturated rings. The zero-order valence-electron chi connectivity index (χ0n) is 12.8. The minimum Gasteiger partial charge on any atom is -0.491 e. The van der Waals surface area contributed by atoms with Gasteiger partial charge in [0.15, 0.2) is 0 Å². The molecule has 4 nitrogen and oxygen atoms in total. The average molecular weight is 273 g/mol. The van der Waals surface area contributed by atoms with Crippen molar-refractivity contribution in [2.24, 2.45) is 7.05 Å². The number of rotatable bonds is 5. The SMILES string of the molecule is Cc1cc(OC(C)C)ccc1NC(C)c1cnn(C)c1. The molecule has 0 aliphatic rings. The van der Waals surface area contributed by atoms with Gasteiger partial charge in [-0.15, -0.1) is 0 Å². The van der Waals surface area contributed by atoms with Crippen LogP contribution in [0.5, 0.6) is 5.75 Å². The Bertz CT molecular complexity index is 575. The molecule has 20 heavy (non-hydrogen) atoms. The third-order valence-corrected chi connectivity index (χ3v) is 3.17. The Morgan fingerprint density at radius 3 is 2.55 bits per heavy atom. The first-order valence-corrected chi connectivity index (χ1v) is 6.98. The summed E-state index contributed by atoms with van der Waals surface area (Å²) in [4.78, 5) is 0. The molecular weight excluding hydrogens is 250 g/mol. The summed E-state index contributed by atoms with van der Waals surface area (Å²) in [7, 11) is 1.93. The van der Waals surface area contributed by atoms with Gasteiger partial charge in [0.05, 0.1) is 18.3 Å². The summed E-state index contributed by atoms with van der Waals surface area (Å²) in [5.74, 6) is 0.914. The zero-order valence-corrected chi connectivity index (χ0v) is 12.8. The minimum atomic E-state index is 0.197. The van der Waals surface area contributed by atoms with Crippen LogP contribution in [0.4, 0.5) is 5.69 Å². The number of hydrogen-bond donors (Lipinski definition) is 1. The molecule has 0 bridgehead atoms. The molecule has 1 unspecified atom stereocenters. The number of aryl methyl sites for hydroxylation is 2. The van der Waals surface area contributed by atoms with Crippen molar-refractivity contribution in [3.05, 3.63) is 41.7 Å². The smallest absolute Gasteiger partial charge is 0.120 e. The summed E-state index contributed by atoms with van der Waals surface area (Å²) in [6, 6.07) is 6.36. The van der Waals surface area contributed by atoms with Gasteiger partial charge in [-0.3, -0.25) is 4.68 Å². The number of aromatic nitrogens is 2. The molecule has 0 aliphatic heterocycles. The van der Waals surface area contributed by atoms with Crippen molar-refractivity contribution in [3.8, 4) is 5.75 Å². The number of ether oxygens (including phenoxy) is 1. The van der Waals surface area contributed by atoms with E-state index in [4.69, 9.17) is 4.74 Å². The van der Waals surface area contributed by atoms with Gasteiger partial charge in [0.2, 0.25) is 0 Å². The fraction of sp³-hybridized carbons (Fsp3) is 0.438. The van der Waals surface area contributed by atoms with Crippen LogP contribution in [0, 0.1) is 6.92 Å². The zero-order chi connectivity index (χ0) is 14.7. The third-order valence-electron chi connectivity index (χ3n) is 3.17. The van der Waals surface area contributed by atoms with Crippen molar-refractivity contribution >= 4 is 5.69 Å². The topological polar surface area (TPSA) is 39.1 Å². The lowest BCUT2D eigenvalue weighted by molar-refractivity contribution is 0.242. The fourth-order valence-electron chi connectivity index (χ4n) is 2.12. The molecular formula is C16H23N3O. The predicted octanol–water partition coefficient (Wildman–Crippen LogP) is 3.69. The molecule has 4 heteroatoms. The Labute approximate surface area is 120 Å². The van der Waals surface area contributed by atoms with Crippen LogP contribution in [-0.2, 0) is 7.05 Å². The van der Waals surface area contributed by atoms with Gasteiger partial charge in [-0.2, -0.15) is 5.10 Å². The quantitative estimate of drug-likeness (QED) is 0.903. The highest BCUT2D eigenvalue weighted by Gasteiger charge is 2.09. The normalized spacial score (nSPS) is 12.5. The number of benzene rings is 1. The molecule has 1 heterocycles. The minimum absolute atomic E-state index is 0.197. The monoisotopic (exact) mass is 273 g/mol. The number of anilines is 1. The van der Waals surface area contributed by atoms with E-state index < -0.39 is 0 Å². The lowest BCUT2D eigenvalue weighted by atomic mass is 10.1. The van der Waals surface area contributed by atoms with Gasteiger partial charge in [-0.1, -0.05) is 0 Å². The van der Waals surface area contributed by atoms with Gasteiger partial charge in [-0.25, -0.2) is 0 Å². The Kier molecular flexibility index (Phi) is 4.32. The van der Waals surface area contributed by atoms with Gasteiger partial charge >= 0.3 is 0 Å². The first-order chi connectivity index (χ1) is 9.45. The van der Waals surface area contributed by atoms with E-state index in [1.807, 2.05) is 44.0 Å². The van der Waals surface area contributed by atoms with Crippen molar-refractivity contribution in [3.63, 3.8) is 0 Å². The number of hydrogen-bond acceptors (Lipinski definition) is 3. The van der Waals surface area contributed by atoms with Gasteiger partial charge in [-0.05, 0) is 51.5 Å². The molecule has 108 valence electrons. The van der Waals surface area contributed by atoms with E-state index in [1.54, 1.807) is 0 Å². The summed E-state index contributed by atoms with van der Waals surface area (Å²) < 4.78 is 7.52. The molecule has 1 aromatic carbocycles. The summed E-state index contributed by atoms with van der Waals surface area (Å²) in [6.07, 6.45) is 4.12. The van der Waals surface area contributed by atoms with Crippen LogP contribution >= 0.6 is 0 Å². The molecule has 0 spiro atoms. The van der Waals surface area contributed by atoms with Crippen molar-refractivity contribution in [2.45, 2.75) is 39.8 Å². The molecule has 0 radical (unpaired) electrons. The van der Waals surface area contributed by atoms with E-state index in [0.29, 0.717) is 0 Å². The van der Waals surface area contributed by atoms with Crippen molar-refractivity contribution in [1.29, 1.82) is 0 Å². The van der Waals surface area contributed by atoms with Crippen LogP contribution in [-0.4, -0.2) is 15.9 Å². The van der Waals surface area contributed by atoms with Crippen LogP contribution in [0.15, 0.2) is 30.6 Å². The lowest BCUT2D eigenvalue weighted by Crippen LogP contribution is -2.08. The largest absolute Gasteiger partial charge is 0.491 e. The second kappa shape index (κ2) is 5.99. The fourth-order valence-corrected chi connectivity index (χ4v) is 2.12. The molecule has 0 aliphatic carbocycles. The van der Waals surface area contributed by atoms with Gasteiger partial charge in [0, 0.05) is 24.5 Å². The van der Waals surface area contributed by atoms with Crippen molar-refractivity contribution in [2.75, 3.05) is 5.32 Å².